The molecule has 1 aromatic carbocycles. The minimum Gasteiger partial charge on any atom is -0.368 e. The molecule has 3 aromatic rings. The standard InChI is InChI=1S/C13H14N6/c1-10-4-2-3-5-11(10)6-7-15-12-8-14-9-13-16-17-18-19(12)13/h2-5,8-9,15H,6-7H2,1H3. The highest BCUT2D eigenvalue weighted by Crippen LogP contribution is 2.09. The van der Waals surface area contributed by atoms with Crippen LogP contribution >= 0.6 is 0 Å². The highest BCUT2D eigenvalue weighted by atomic mass is 15.5. The van der Waals surface area contributed by atoms with Crippen LogP contribution < -0.4 is 5.32 Å². The summed E-state index contributed by atoms with van der Waals surface area (Å²) < 4.78 is 1.64. The summed E-state index contributed by atoms with van der Waals surface area (Å²) in [6, 6.07) is 8.38. The zero-order valence-electron chi connectivity index (χ0n) is 10.6. The summed E-state index contributed by atoms with van der Waals surface area (Å²) in [7, 11) is 0. The number of fused-ring (bicyclic) bond motifs is 1. The first-order valence-corrected chi connectivity index (χ1v) is 6.15. The van der Waals surface area contributed by atoms with Crippen LogP contribution in [0.4, 0.5) is 5.82 Å². The Morgan fingerprint density at radius 2 is 2.11 bits per heavy atom. The maximum absolute atomic E-state index is 4.10. The van der Waals surface area contributed by atoms with Gasteiger partial charge in [0.1, 0.15) is 5.82 Å². The lowest BCUT2D eigenvalue weighted by molar-refractivity contribution is 0.817. The summed E-state index contributed by atoms with van der Waals surface area (Å²) in [5.41, 5.74) is 3.29. The van der Waals surface area contributed by atoms with Gasteiger partial charge in [0.2, 0.25) is 0 Å². The van der Waals surface area contributed by atoms with Crippen molar-refractivity contribution in [3.63, 3.8) is 0 Å². The van der Waals surface area contributed by atoms with Crippen LogP contribution in [0.2, 0.25) is 0 Å². The van der Waals surface area contributed by atoms with Gasteiger partial charge in [-0.05, 0) is 34.9 Å². The predicted molar refractivity (Wildman–Crippen MR) is 71.9 cm³/mol. The Balaban J connectivity index is 1.70. The minimum absolute atomic E-state index is 0.640. The Morgan fingerprint density at radius 3 is 3.00 bits per heavy atom. The number of rotatable bonds is 4. The van der Waals surface area contributed by atoms with Crippen molar-refractivity contribution < 1.29 is 0 Å². The maximum Gasteiger partial charge on any atom is 0.199 e. The smallest absolute Gasteiger partial charge is 0.199 e. The summed E-state index contributed by atoms with van der Waals surface area (Å²) in [5, 5.41) is 14.7. The minimum atomic E-state index is 0.640. The van der Waals surface area contributed by atoms with Crippen LogP contribution in [-0.2, 0) is 6.42 Å². The average Bonchev–Trinajstić information content (AvgIpc) is 2.90. The molecule has 3 rings (SSSR count). The fourth-order valence-corrected chi connectivity index (χ4v) is 2.01. The molecule has 0 saturated carbocycles. The lowest BCUT2D eigenvalue weighted by Crippen LogP contribution is -2.10. The van der Waals surface area contributed by atoms with Gasteiger partial charge in [-0.3, -0.25) is 4.98 Å². The van der Waals surface area contributed by atoms with E-state index in [2.05, 4.69) is 57.0 Å². The van der Waals surface area contributed by atoms with Crippen molar-refractivity contribution in [3.05, 3.63) is 47.8 Å². The van der Waals surface area contributed by atoms with Gasteiger partial charge in [0, 0.05) is 6.54 Å². The van der Waals surface area contributed by atoms with E-state index < -0.39 is 0 Å². The van der Waals surface area contributed by atoms with Gasteiger partial charge in [0.05, 0.1) is 12.4 Å². The first-order valence-electron chi connectivity index (χ1n) is 6.15. The summed E-state index contributed by atoms with van der Waals surface area (Å²) in [6.07, 6.45) is 4.30. The molecule has 0 aliphatic rings. The molecule has 0 atom stereocenters. The van der Waals surface area contributed by atoms with Crippen LogP contribution in [0.5, 0.6) is 0 Å². The molecule has 6 heteroatoms. The number of tetrazole rings is 1. The number of anilines is 1. The fraction of sp³-hybridized carbons (Fsp3) is 0.231. The van der Waals surface area contributed by atoms with E-state index in [1.165, 1.54) is 11.1 Å². The monoisotopic (exact) mass is 254 g/mol. The van der Waals surface area contributed by atoms with Gasteiger partial charge >= 0.3 is 0 Å². The first-order chi connectivity index (χ1) is 9.34. The Labute approximate surface area is 110 Å². The van der Waals surface area contributed by atoms with E-state index in [1.807, 2.05) is 0 Å². The van der Waals surface area contributed by atoms with E-state index in [-0.39, 0.29) is 0 Å². The quantitative estimate of drug-likeness (QED) is 0.763. The lowest BCUT2D eigenvalue weighted by atomic mass is 10.1. The second-order valence-corrected chi connectivity index (χ2v) is 4.34. The molecule has 19 heavy (non-hydrogen) atoms. The highest BCUT2D eigenvalue weighted by Gasteiger charge is 2.03. The van der Waals surface area contributed by atoms with E-state index in [4.69, 9.17) is 0 Å². The van der Waals surface area contributed by atoms with E-state index in [1.54, 1.807) is 16.9 Å². The molecule has 0 radical (unpaired) electrons. The Hall–Kier alpha value is -2.50. The maximum atomic E-state index is 4.10. The van der Waals surface area contributed by atoms with Gasteiger partial charge in [-0.2, -0.15) is 4.52 Å². The van der Waals surface area contributed by atoms with Crippen molar-refractivity contribution in [2.24, 2.45) is 0 Å². The predicted octanol–water partition coefficient (Wildman–Crippen LogP) is 1.48. The number of nitrogens with zero attached hydrogens (tertiary/aromatic N) is 5. The molecule has 2 heterocycles. The van der Waals surface area contributed by atoms with Crippen LogP contribution in [0, 0.1) is 6.92 Å². The summed E-state index contributed by atoms with van der Waals surface area (Å²) in [5.74, 6) is 0.802. The van der Waals surface area contributed by atoms with Crippen molar-refractivity contribution in [1.29, 1.82) is 0 Å². The third kappa shape index (κ3) is 2.37. The number of benzene rings is 1. The summed E-state index contributed by atoms with van der Waals surface area (Å²) in [4.78, 5) is 4.10. The number of hydrogen-bond acceptors (Lipinski definition) is 5. The van der Waals surface area contributed by atoms with Gasteiger partial charge in [0.15, 0.2) is 5.65 Å². The molecular formula is C13H14N6. The Morgan fingerprint density at radius 1 is 1.21 bits per heavy atom. The molecule has 1 N–H and O–H groups in total. The average molecular weight is 254 g/mol. The molecule has 0 fully saturated rings. The van der Waals surface area contributed by atoms with Crippen molar-refractivity contribution in [1.82, 2.24) is 25.0 Å². The van der Waals surface area contributed by atoms with Gasteiger partial charge in [-0.1, -0.05) is 24.3 Å². The Bertz CT molecular complexity index is 690. The van der Waals surface area contributed by atoms with Crippen molar-refractivity contribution in [2.45, 2.75) is 13.3 Å². The summed E-state index contributed by atoms with van der Waals surface area (Å²) in [6.45, 7) is 2.93. The first kappa shape index (κ1) is 11.6. The van der Waals surface area contributed by atoms with Crippen molar-refractivity contribution in [2.75, 3.05) is 11.9 Å². The number of hydrogen-bond donors (Lipinski definition) is 1. The molecule has 0 spiro atoms. The zero-order chi connectivity index (χ0) is 13.1. The Kier molecular flexibility index (Phi) is 3.06. The van der Waals surface area contributed by atoms with Gasteiger partial charge in [0.25, 0.3) is 0 Å². The number of nitrogens with one attached hydrogen (secondary N) is 1. The van der Waals surface area contributed by atoms with Gasteiger partial charge in [-0.15, -0.1) is 5.10 Å². The number of aryl methyl sites for hydroxylation is 1. The molecule has 6 nitrogen and oxygen atoms in total. The lowest BCUT2D eigenvalue weighted by Gasteiger charge is -2.08. The van der Waals surface area contributed by atoms with E-state index in [0.717, 1.165) is 18.8 Å². The largest absolute Gasteiger partial charge is 0.368 e. The van der Waals surface area contributed by atoms with Gasteiger partial charge < -0.3 is 5.32 Å². The van der Waals surface area contributed by atoms with Crippen molar-refractivity contribution >= 4 is 11.5 Å². The van der Waals surface area contributed by atoms with Crippen LogP contribution in [-0.4, -0.2) is 31.6 Å². The molecule has 2 aromatic heterocycles. The fourth-order valence-electron chi connectivity index (χ4n) is 2.01. The molecule has 0 amide bonds. The van der Waals surface area contributed by atoms with Crippen molar-refractivity contribution in [3.8, 4) is 0 Å². The molecule has 0 unspecified atom stereocenters. The van der Waals surface area contributed by atoms with Gasteiger partial charge in [-0.25, -0.2) is 0 Å². The van der Waals surface area contributed by atoms with Crippen LogP contribution in [0.3, 0.4) is 0 Å². The van der Waals surface area contributed by atoms with E-state index in [0.29, 0.717) is 5.65 Å². The normalized spacial score (nSPS) is 10.8. The molecular weight excluding hydrogens is 240 g/mol. The van der Waals surface area contributed by atoms with E-state index in [9.17, 15) is 0 Å². The van der Waals surface area contributed by atoms with Crippen LogP contribution in [0.25, 0.3) is 5.65 Å². The molecule has 0 saturated heterocycles. The SMILES string of the molecule is Cc1ccccc1CCNc1cncc2nnnn12. The van der Waals surface area contributed by atoms with Crippen LogP contribution in [0.15, 0.2) is 36.7 Å². The highest BCUT2D eigenvalue weighted by molar-refractivity contribution is 5.43. The third-order valence-electron chi connectivity index (χ3n) is 3.07. The molecule has 0 aliphatic carbocycles. The second kappa shape index (κ2) is 5.01. The zero-order valence-corrected chi connectivity index (χ0v) is 10.6. The molecule has 0 bridgehead atoms. The topological polar surface area (TPSA) is 68.0 Å². The molecule has 96 valence electrons. The van der Waals surface area contributed by atoms with E-state index >= 15 is 0 Å². The molecule has 0 aliphatic heterocycles. The summed E-state index contributed by atoms with van der Waals surface area (Å²) >= 11 is 0. The second-order valence-electron chi connectivity index (χ2n) is 4.34. The third-order valence-corrected chi connectivity index (χ3v) is 3.07. The van der Waals surface area contributed by atoms with Crippen LogP contribution in [0.1, 0.15) is 11.1 Å². The number of aromatic nitrogens is 5.